The van der Waals surface area contributed by atoms with Gasteiger partial charge in [0.1, 0.15) is 12.4 Å². The van der Waals surface area contributed by atoms with E-state index in [1.165, 1.54) is 12.5 Å². The molecule has 2 aromatic rings. The van der Waals surface area contributed by atoms with Crippen molar-refractivity contribution in [3.8, 4) is 5.75 Å². The first-order valence-corrected chi connectivity index (χ1v) is 9.60. The van der Waals surface area contributed by atoms with Crippen molar-refractivity contribution in [1.82, 2.24) is 5.32 Å². The predicted molar refractivity (Wildman–Crippen MR) is 102 cm³/mol. The maximum Gasteiger partial charge on any atom is 0.416 e. The molecule has 28 heavy (non-hydrogen) atoms. The van der Waals surface area contributed by atoms with Gasteiger partial charge >= 0.3 is 6.18 Å². The van der Waals surface area contributed by atoms with Gasteiger partial charge < -0.3 is 10.1 Å². The Morgan fingerprint density at radius 3 is 2.54 bits per heavy atom. The Morgan fingerprint density at radius 1 is 1.11 bits per heavy atom. The highest BCUT2D eigenvalue weighted by molar-refractivity contribution is 6.32. The monoisotopic (exact) mass is 411 g/mol. The molecular weight excluding hydrogens is 391 g/mol. The van der Waals surface area contributed by atoms with Crippen LogP contribution in [-0.2, 0) is 12.8 Å². The molecule has 3 nitrogen and oxygen atoms in total. The fraction of sp³-hybridized carbons (Fsp3) is 0.381. The number of hydrogen-bond donors (Lipinski definition) is 1. The van der Waals surface area contributed by atoms with Crippen LogP contribution in [0.1, 0.15) is 53.6 Å². The zero-order valence-corrected chi connectivity index (χ0v) is 15.9. The fourth-order valence-corrected chi connectivity index (χ4v) is 3.51. The third kappa shape index (κ3) is 5.41. The lowest BCUT2D eigenvalue weighted by Crippen LogP contribution is -2.36. The van der Waals surface area contributed by atoms with Crippen LogP contribution in [0.25, 0.3) is 0 Å². The Morgan fingerprint density at radius 2 is 1.86 bits per heavy atom. The van der Waals surface area contributed by atoms with Gasteiger partial charge in [-0.3, -0.25) is 4.79 Å². The van der Waals surface area contributed by atoms with E-state index < -0.39 is 11.7 Å². The smallest absolute Gasteiger partial charge is 0.416 e. The Balaban J connectivity index is 1.62. The summed E-state index contributed by atoms with van der Waals surface area (Å²) in [5.41, 5.74) is 0.434. The highest BCUT2D eigenvalue weighted by atomic mass is 35.5. The van der Waals surface area contributed by atoms with E-state index in [4.69, 9.17) is 16.3 Å². The molecule has 0 unspecified atom stereocenters. The van der Waals surface area contributed by atoms with Gasteiger partial charge in [0.2, 0.25) is 0 Å². The van der Waals surface area contributed by atoms with Crippen molar-refractivity contribution in [3.05, 3.63) is 64.2 Å². The van der Waals surface area contributed by atoms with Crippen LogP contribution < -0.4 is 10.1 Å². The van der Waals surface area contributed by atoms with E-state index in [0.29, 0.717) is 5.56 Å². The molecule has 1 aliphatic rings. The van der Waals surface area contributed by atoms with E-state index in [1.807, 2.05) is 0 Å². The van der Waals surface area contributed by atoms with E-state index in [1.54, 1.807) is 24.3 Å². The largest absolute Gasteiger partial charge is 0.487 e. The number of benzene rings is 2. The van der Waals surface area contributed by atoms with Crippen LogP contribution in [0.3, 0.4) is 0 Å². The van der Waals surface area contributed by atoms with Gasteiger partial charge in [-0.05, 0) is 48.7 Å². The van der Waals surface area contributed by atoms with Gasteiger partial charge in [0.15, 0.2) is 0 Å². The number of ether oxygens (including phenoxy) is 1. The molecule has 1 aliphatic carbocycles. The van der Waals surface area contributed by atoms with Crippen LogP contribution in [-0.4, -0.2) is 11.9 Å². The quantitative estimate of drug-likeness (QED) is 0.655. The van der Waals surface area contributed by atoms with Gasteiger partial charge in [-0.1, -0.05) is 43.0 Å². The summed E-state index contributed by atoms with van der Waals surface area (Å²) in [6.07, 6.45) is 1.02. The summed E-state index contributed by atoms with van der Waals surface area (Å²) in [5, 5.41) is 2.95. The standard InChI is InChI=1S/C21H21ClF3NO2/c22-18-12-16(21(23,24)25)9-10-19(18)28-13-14-5-4-6-15(11-14)20(27)26-17-7-2-1-3-8-17/h4-6,9-12,17H,1-3,7-8,13H2,(H,26,27). The fourth-order valence-electron chi connectivity index (χ4n) is 3.27. The molecule has 0 radical (unpaired) electrons. The first kappa shape index (κ1) is 20.5. The molecule has 1 fully saturated rings. The summed E-state index contributed by atoms with van der Waals surface area (Å²) in [7, 11) is 0. The van der Waals surface area contributed by atoms with Crippen LogP contribution in [0.5, 0.6) is 5.75 Å². The molecule has 0 heterocycles. The van der Waals surface area contributed by atoms with Crippen molar-refractivity contribution in [2.75, 3.05) is 0 Å². The van der Waals surface area contributed by atoms with Gasteiger partial charge in [0.25, 0.3) is 5.91 Å². The molecular formula is C21H21ClF3NO2. The lowest BCUT2D eigenvalue weighted by atomic mass is 9.95. The summed E-state index contributed by atoms with van der Waals surface area (Å²) in [6, 6.07) is 10.2. The van der Waals surface area contributed by atoms with Crippen LogP contribution in [0.2, 0.25) is 5.02 Å². The summed E-state index contributed by atoms with van der Waals surface area (Å²) >= 11 is 5.90. The van der Waals surface area contributed by atoms with Crippen LogP contribution in [0.15, 0.2) is 42.5 Å². The number of carbonyl (C=O) groups excluding carboxylic acids is 1. The SMILES string of the molecule is O=C(NC1CCCCC1)c1cccc(COc2ccc(C(F)(F)F)cc2Cl)c1. The number of carbonyl (C=O) groups is 1. The second-order valence-electron chi connectivity index (χ2n) is 6.94. The highest BCUT2D eigenvalue weighted by Gasteiger charge is 2.31. The molecule has 0 saturated heterocycles. The number of halogens is 4. The average Bonchev–Trinajstić information content (AvgIpc) is 2.67. The maximum atomic E-state index is 12.7. The van der Waals surface area contributed by atoms with E-state index in [-0.39, 0.29) is 29.3 Å². The van der Waals surface area contributed by atoms with Crippen LogP contribution >= 0.6 is 11.6 Å². The van der Waals surface area contributed by atoms with Gasteiger partial charge in [-0.25, -0.2) is 0 Å². The second-order valence-corrected chi connectivity index (χ2v) is 7.35. The minimum absolute atomic E-state index is 0.0929. The van der Waals surface area contributed by atoms with Crippen molar-refractivity contribution < 1.29 is 22.7 Å². The van der Waals surface area contributed by atoms with E-state index in [9.17, 15) is 18.0 Å². The predicted octanol–water partition coefficient (Wildman–Crippen LogP) is 6.00. The van der Waals surface area contributed by atoms with Crippen molar-refractivity contribution in [1.29, 1.82) is 0 Å². The molecule has 1 N–H and O–H groups in total. The van der Waals surface area contributed by atoms with Gasteiger partial charge in [0.05, 0.1) is 10.6 Å². The van der Waals surface area contributed by atoms with Crippen LogP contribution in [0, 0.1) is 0 Å². The highest BCUT2D eigenvalue weighted by Crippen LogP contribution is 2.35. The Kier molecular flexibility index (Phi) is 6.50. The molecule has 150 valence electrons. The second kappa shape index (κ2) is 8.86. The summed E-state index contributed by atoms with van der Waals surface area (Å²) in [5.74, 6) is 0.0352. The van der Waals surface area contributed by atoms with E-state index in [2.05, 4.69) is 5.32 Å². The normalized spacial score (nSPS) is 15.3. The Hall–Kier alpha value is -2.21. The maximum absolute atomic E-state index is 12.7. The Labute approximate surface area is 166 Å². The Bertz CT molecular complexity index is 833. The first-order chi connectivity index (χ1) is 13.3. The molecule has 7 heteroatoms. The summed E-state index contributed by atoms with van der Waals surface area (Å²) in [6.45, 7) is 0.0929. The molecule has 2 aromatic carbocycles. The molecule has 1 saturated carbocycles. The van der Waals surface area contributed by atoms with Gasteiger partial charge in [-0.2, -0.15) is 13.2 Å². The lowest BCUT2D eigenvalue weighted by Gasteiger charge is -2.22. The minimum atomic E-state index is -4.46. The number of rotatable bonds is 5. The molecule has 0 spiro atoms. The molecule has 0 atom stereocenters. The van der Waals surface area contributed by atoms with Crippen molar-refractivity contribution in [2.24, 2.45) is 0 Å². The topological polar surface area (TPSA) is 38.3 Å². The van der Waals surface area contributed by atoms with Gasteiger partial charge in [0, 0.05) is 11.6 Å². The van der Waals surface area contributed by atoms with Gasteiger partial charge in [-0.15, -0.1) is 0 Å². The molecule has 0 bridgehead atoms. The minimum Gasteiger partial charge on any atom is -0.487 e. The number of hydrogen-bond acceptors (Lipinski definition) is 2. The zero-order chi connectivity index (χ0) is 20.1. The molecule has 0 aromatic heterocycles. The molecule has 1 amide bonds. The van der Waals surface area contributed by atoms with Crippen molar-refractivity contribution in [2.45, 2.75) is 50.9 Å². The van der Waals surface area contributed by atoms with Crippen molar-refractivity contribution in [3.63, 3.8) is 0 Å². The summed E-state index contributed by atoms with van der Waals surface area (Å²) in [4.78, 5) is 12.4. The first-order valence-electron chi connectivity index (χ1n) is 9.22. The number of amides is 1. The number of nitrogens with one attached hydrogen (secondary N) is 1. The van der Waals surface area contributed by atoms with E-state index >= 15 is 0 Å². The number of alkyl halides is 3. The average molecular weight is 412 g/mol. The molecule has 0 aliphatic heterocycles. The van der Waals surface area contributed by atoms with E-state index in [0.717, 1.165) is 43.4 Å². The molecule has 3 rings (SSSR count). The summed E-state index contributed by atoms with van der Waals surface area (Å²) < 4.78 is 43.6. The third-order valence-corrected chi connectivity index (χ3v) is 5.08. The third-order valence-electron chi connectivity index (χ3n) is 4.78. The lowest BCUT2D eigenvalue weighted by molar-refractivity contribution is -0.137. The van der Waals surface area contributed by atoms with Crippen molar-refractivity contribution >= 4 is 17.5 Å². The van der Waals surface area contributed by atoms with Crippen LogP contribution in [0.4, 0.5) is 13.2 Å². The zero-order valence-electron chi connectivity index (χ0n) is 15.2.